The summed E-state index contributed by atoms with van der Waals surface area (Å²) in [5.74, 6) is 1.23. The fourth-order valence-electron chi connectivity index (χ4n) is 2.19. The van der Waals surface area contributed by atoms with Gasteiger partial charge in [-0.1, -0.05) is 13.3 Å². The predicted octanol–water partition coefficient (Wildman–Crippen LogP) is 3.76. The molecule has 0 bridgehead atoms. The minimum absolute atomic E-state index is 0.0952. The smallest absolute Gasteiger partial charge is 0.252 e. The summed E-state index contributed by atoms with van der Waals surface area (Å²) in [7, 11) is 0. The molecule has 1 heterocycles. The van der Waals surface area contributed by atoms with Crippen molar-refractivity contribution in [1.29, 1.82) is 0 Å². The van der Waals surface area contributed by atoms with E-state index in [4.69, 9.17) is 0 Å². The average Bonchev–Trinajstić information content (AvgIpc) is 2.89. The molecule has 1 aromatic heterocycles. The molecule has 2 nitrogen and oxygen atoms in total. The summed E-state index contributed by atoms with van der Waals surface area (Å²) in [5, 5.41) is 5.74. The normalized spacial score (nSPS) is 23.9. The maximum Gasteiger partial charge on any atom is 0.252 e. The quantitative estimate of drug-likeness (QED) is 0.805. The largest absolute Gasteiger partial charge is 0.348 e. The van der Waals surface area contributed by atoms with Crippen molar-refractivity contribution in [3.8, 4) is 0 Å². The third-order valence-electron chi connectivity index (χ3n) is 2.98. The summed E-state index contributed by atoms with van der Waals surface area (Å²) >= 11 is 5.85. The highest BCUT2D eigenvalue weighted by Crippen LogP contribution is 2.30. The Kier molecular flexibility index (Phi) is 5.17. The zero-order valence-corrected chi connectivity index (χ0v) is 13.5. The number of thioether (sulfide) groups is 1. The van der Waals surface area contributed by atoms with Crippen LogP contribution >= 0.6 is 45.7 Å². The summed E-state index contributed by atoms with van der Waals surface area (Å²) in [4.78, 5) is 12.0. The summed E-state index contributed by atoms with van der Waals surface area (Å²) in [6, 6.07) is 2.32. The standard InChI is InChI=1S/C12H16INOS2/c1-2-16-10-5-3-4-9(10)14-12(15)8-6-11(13)17-7-8/h6-7,9-10H,2-5H2,1H3,(H,14,15). The maximum absolute atomic E-state index is 12.0. The van der Waals surface area contributed by atoms with E-state index in [0.29, 0.717) is 11.3 Å². The first kappa shape index (κ1) is 13.7. The second kappa shape index (κ2) is 6.43. The number of amides is 1. The van der Waals surface area contributed by atoms with Gasteiger partial charge in [0.15, 0.2) is 0 Å². The molecule has 2 unspecified atom stereocenters. The summed E-state index contributed by atoms with van der Waals surface area (Å²) in [6.07, 6.45) is 3.61. The minimum atomic E-state index is 0.0952. The maximum atomic E-state index is 12.0. The number of halogens is 1. The van der Waals surface area contributed by atoms with E-state index in [0.717, 1.165) is 17.7 Å². The Morgan fingerprint density at radius 3 is 3.12 bits per heavy atom. The first-order valence-electron chi connectivity index (χ1n) is 5.87. The van der Waals surface area contributed by atoms with Crippen LogP contribution < -0.4 is 5.32 Å². The number of carbonyl (C=O) groups is 1. The SMILES string of the molecule is CCSC1CCCC1NC(=O)c1csc(I)c1. The Hall–Kier alpha value is 0.250. The van der Waals surface area contributed by atoms with Crippen molar-refractivity contribution in [2.75, 3.05) is 5.75 Å². The fourth-order valence-corrected chi connectivity index (χ4v) is 4.71. The molecule has 1 saturated carbocycles. The molecule has 1 aliphatic carbocycles. The molecule has 2 atom stereocenters. The number of hydrogen-bond donors (Lipinski definition) is 1. The molecule has 0 radical (unpaired) electrons. The van der Waals surface area contributed by atoms with Gasteiger partial charge in [0.2, 0.25) is 0 Å². The number of nitrogens with one attached hydrogen (secondary N) is 1. The minimum Gasteiger partial charge on any atom is -0.348 e. The zero-order valence-electron chi connectivity index (χ0n) is 9.74. The zero-order chi connectivity index (χ0) is 12.3. The molecular formula is C12H16INOS2. The van der Waals surface area contributed by atoms with Crippen molar-refractivity contribution in [2.45, 2.75) is 37.5 Å². The van der Waals surface area contributed by atoms with Gasteiger partial charge in [0.1, 0.15) is 0 Å². The molecule has 0 aromatic carbocycles. The molecule has 0 saturated heterocycles. The molecule has 17 heavy (non-hydrogen) atoms. The number of carbonyl (C=O) groups excluding carboxylic acids is 1. The van der Waals surface area contributed by atoms with Crippen molar-refractivity contribution in [3.05, 3.63) is 19.9 Å². The van der Waals surface area contributed by atoms with Gasteiger partial charge in [0.05, 0.1) is 8.45 Å². The molecule has 2 rings (SSSR count). The summed E-state index contributed by atoms with van der Waals surface area (Å²) < 4.78 is 1.17. The van der Waals surface area contributed by atoms with Crippen molar-refractivity contribution < 1.29 is 4.79 Å². The molecule has 94 valence electrons. The van der Waals surface area contributed by atoms with E-state index in [1.165, 1.54) is 15.7 Å². The van der Waals surface area contributed by atoms with Crippen molar-refractivity contribution >= 4 is 51.6 Å². The van der Waals surface area contributed by atoms with E-state index in [9.17, 15) is 4.79 Å². The molecular weight excluding hydrogens is 365 g/mol. The highest BCUT2D eigenvalue weighted by Gasteiger charge is 2.28. The predicted molar refractivity (Wildman–Crippen MR) is 84.1 cm³/mol. The number of rotatable bonds is 4. The lowest BCUT2D eigenvalue weighted by atomic mass is 10.2. The van der Waals surface area contributed by atoms with Gasteiger partial charge in [0.25, 0.3) is 5.91 Å². The molecule has 0 spiro atoms. The van der Waals surface area contributed by atoms with Crippen LogP contribution in [0.1, 0.15) is 36.5 Å². The summed E-state index contributed by atoms with van der Waals surface area (Å²) in [5.41, 5.74) is 0.812. The van der Waals surface area contributed by atoms with Crippen molar-refractivity contribution in [1.82, 2.24) is 5.32 Å². The molecule has 1 fully saturated rings. The van der Waals surface area contributed by atoms with E-state index in [-0.39, 0.29) is 5.91 Å². The van der Waals surface area contributed by atoms with Crippen LogP contribution in [0.15, 0.2) is 11.4 Å². The van der Waals surface area contributed by atoms with Crippen LogP contribution in [0.4, 0.5) is 0 Å². The average molecular weight is 381 g/mol. The Morgan fingerprint density at radius 2 is 2.47 bits per heavy atom. The lowest BCUT2D eigenvalue weighted by Crippen LogP contribution is -2.38. The number of thiophene rings is 1. The van der Waals surface area contributed by atoms with Gasteiger partial charge >= 0.3 is 0 Å². The Balaban J connectivity index is 1.94. The van der Waals surface area contributed by atoms with Gasteiger partial charge in [-0.3, -0.25) is 4.79 Å². The Bertz CT molecular complexity index is 394. The van der Waals surface area contributed by atoms with E-state index in [1.807, 2.05) is 23.2 Å². The third kappa shape index (κ3) is 3.61. The lowest BCUT2D eigenvalue weighted by molar-refractivity contribution is 0.0939. The summed E-state index contributed by atoms with van der Waals surface area (Å²) in [6.45, 7) is 2.18. The van der Waals surface area contributed by atoms with Crippen molar-refractivity contribution in [3.63, 3.8) is 0 Å². The Morgan fingerprint density at radius 1 is 1.65 bits per heavy atom. The van der Waals surface area contributed by atoms with Gasteiger partial charge in [-0.15, -0.1) is 11.3 Å². The van der Waals surface area contributed by atoms with Crippen LogP contribution in [0, 0.1) is 2.88 Å². The second-order valence-corrected chi connectivity index (χ2v) is 8.47. The topological polar surface area (TPSA) is 29.1 Å². The van der Waals surface area contributed by atoms with Gasteiger partial charge in [0, 0.05) is 16.7 Å². The first-order valence-corrected chi connectivity index (χ1v) is 8.88. The van der Waals surface area contributed by atoms with E-state index in [2.05, 4.69) is 34.8 Å². The molecule has 1 aliphatic rings. The van der Waals surface area contributed by atoms with E-state index < -0.39 is 0 Å². The molecule has 5 heteroatoms. The van der Waals surface area contributed by atoms with Gasteiger partial charge in [-0.05, 0) is 47.3 Å². The highest BCUT2D eigenvalue weighted by molar-refractivity contribution is 14.1. The van der Waals surface area contributed by atoms with Crippen LogP contribution in [0.2, 0.25) is 0 Å². The Labute approximate surface area is 124 Å². The second-order valence-electron chi connectivity index (χ2n) is 4.14. The van der Waals surface area contributed by atoms with Gasteiger partial charge in [-0.25, -0.2) is 0 Å². The third-order valence-corrected chi connectivity index (χ3v) is 6.09. The first-order chi connectivity index (χ1) is 8.20. The fraction of sp³-hybridized carbons (Fsp3) is 0.583. The highest BCUT2D eigenvalue weighted by atomic mass is 127. The van der Waals surface area contributed by atoms with E-state index in [1.54, 1.807) is 11.3 Å². The lowest BCUT2D eigenvalue weighted by Gasteiger charge is -2.19. The monoisotopic (exact) mass is 381 g/mol. The molecule has 1 aromatic rings. The molecule has 0 aliphatic heterocycles. The van der Waals surface area contributed by atoms with Gasteiger partial charge < -0.3 is 5.32 Å². The molecule has 1 N–H and O–H groups in total. The van der Waals surface area contributed by atoms with Crippen LogP contribution in [-0.2, 0) is 0 Å². The van der Waals surface area contributed by atoms with E-state index >= 15 is 0 Å². The van der Waals surface area contributed by atoms with Crippen LogP contribution in [0.25, 0.3) is 0 Å². The number of hydrogen-bond acceptors (Lipinski definition) is 3. The van der Waals surface area contributed by atoms with Gasteiger partial charge in [-0.2, -0.15) is 11.8 Å². The van der Waals surface area contributed by atoms with Crippen LogP contribution in [-0.4, -0.2) is 23.0 Å². The molecule has 1 amide bonds. The van der Waals surface area contributed by atoms with Crippen LogP contribution in [0.5, 0.6) is 0 Å². The van der Waals surface area contributed by atoms with Crippen molar-refractivity contribution in [2.24, 2.45) is 0 Å². The van der Waals surface area contributed by atoms with Crippen LogP contribution in [0.3, 0.4) is 0 Å².